The van der Waals surface area contributed by atoms with Crippen molar-refractivity contribution in [3.63, 3.8) is 0 Å². The van der Waals surface area contributed by atoms with Crippen LogP contribution in [-0.4, -0.2) is 25.0 Å². The van der Waals surface area contributed by atoms with Crippen molar-refractivity contribution in [1.29, 1.82) is 0 Å². The molecule has 0 fully saturated rings. The van der Waals surface area contributed by atoms with E-state index >= 15 is 0 Å². The molecule has 0 saturated heterocycles. The highest BCUT2D eigenvalue weighted by Crippen LogP contribution is 2.11. The van der Waals surface area contributed by atoms with E-state index in [1.54, 1.807) is 0 Å². The lowest BCUT2D eigenvalue weighted by molar-refractivity contribution is 0.399. The summed E-state index contributed by atoms with van der Waals surface area (Å²) in [6.45, 7) is 6.49. The van der Waals surface area contributed by atoms with E-state index in [0.29, 0.717) is 6.04 Å². The summed E-state index contributed by atoms with van der Waals surface area (Å²) in [7, 11) is 4.23. The number of nitrogens with zero attached hydrogens (tertiary/aromatic N) is 1. The van der Waals surface area contributed by atoms with Crippen molar-refractivity contribution < 1.29 is 0 Å². The van der Waals surface area contributed by atoms with Crippen LogP contribution in [0, 0.1) is 0 Å². The summed E-state index contributed by atoms with van der Waals surface area (Å²) < 4.78 is 0. The molecule has 0 radical (unpaired) electrons. The Balaban J connectivity index is 2.57. The molecule has 0 bridgehead atoms. The first-order valence-electron chi connectivity index (χ1n) is 6.58. The molecule has 0 aliphatic carbocycles. The minimum Gasteiger partial charge on any atom is -0.310 e. The first kappa shape index (κ1) is 14.2. The normalized spacial score (nSPS) is 13.0. The molecule has 0 spiro atoms. The Morgan fingerprint density at radius 1 is 1.18 bits per heavy atom. The van der Waals surface area contributed by atoms with Gasteiger partial charge in [0.05, 0.1) is 0 Å². The zero-order valence-corrected chi connectivity index (χ0v) is 11.7. The largest absolute Gasteiger partial charge is 0.310 e. The van der Waals surface area contributed by atoms with Crippen LogP contribution in [0.1, 0.15) is 37.8 Å². The number of benzene rings is 1. The van der Waals surface area contributed by atoms with E-state index in [4.69, 9.17) is 0 Å². The summed E-state index contributed by atoms with van der Waals surface area (Å²) in [5.41, 5.74) is 2.85. The fraction of sp³-hybridized carbons (Fsp3) is 0.600. The lowest BCUT2D eigenvalue weighted by Gasteiger charge is -2.17. The van der Waals surface area contributed by atoms with Gasteiger partial charge in [0.2, 0.25) is 0 Å². The smallest absolute Gasteiger partial charge is 0.0230 e. The van der Waals surface area contributed by atoms with E-state index in [1.807, 2.05) is 0 Å². The van der Waals surface area contributed by atoms with Gasteiger partial charge in [-0.15, -0.1) is 0 Å². The maximum absolute atomic E-state index is 3.59. The fourth-order valence-electron chi connectivity index (χ4n) is 2.04. The van der Waals surface area contributed by atoms with Gasteiger partial charge in [0.15, 0.2) is 0 Å². The second-order valence-electron chi connectivity index (χ2n) is 5.08. The van der Waals surface area contributed by atoms with Crippen LogP contribution in [0.3, 0.4) is 0 Å². The van der Waals surface area contributed by atoms with Gasteiger partial charge in [-0.05, 0) is 38.6 Å². The zero-order valence-electron chi connectivity index (χ0n) is 11.7. The number of hydrogen-bond acceptors (Lipinski definition) is 2. The van der Waals surface area contributed by atoms with Crippen LogP contribution in [0.2, 0.25) is 0 Å². The van der Waals surface area contributed by atoms with E-state index in [1.165, 1.54) is 24.0 Å². The highest BCUT2D eigenvalue weighted by molar-refractivity contribution is 5.26. The van der Waals surface area contributed by atoms with Crippen LogP contribution < -0.4 is 5.32 Å². The average molecular weight is 234 g/mol. The summed E-state index contributed by atoms with van der Waals surface area (Å²) in [6.07, 6.45) is 2.49. The van der Waals surface area contributed by atoms with Gasteiger partial charge in [-0.3, -0.25) is 0 Å². The monoisotopic (exact) mass is 234 g/mol. The molecule has 0 amide bonds. The molecule has 2 heteroatoms. The molecule has 0 heterocycles. The van der Waals surface area contributed by atoms with Crippen LogP contribution >= 0.6 is 0 Å². The number of nitrogens with one attached hydrogen (secondary N) is 1. The summed E-state index contributed by atoms with van der Waals surface area (Å²) in [5, 5.41) is 3.59. The first-order valence-corrected chi connectivity index (χ1v) is 6.58. The predicted octanol–water partition coefficient (Wildman–Crippen LogP) is 3.03. The van der Waals surface area contributed by atoms with Gasteiger partial charge in [-0.1, -0.05) is 37.6 Å². The average Bonchev–Trinajstić information content (AvgIpc) is 2.27. The first-order chi connectivity index (χ1) is 8.13. The van der Waals surface area contributed by atoms with Gasteiger partial charge in [0.25, 0.3) is 0 Å². The van der Waals surface area contributed by atoms with Crippen molar-refractivity contribution in [2.24, 2.45) is 0 Å². The molecule has 1 aromatic rings. The lowest BCUT2D eigenvalue weighted by Crippen LogP contribution is -2.26. The topological polar surface area (TPSA) is 15.3 Å². The van der Waals surface area contributed by atoms with Gasteiger partial charge < -0.3 is 10.2 Å². The summed E-state index contributed by atoms with van der Waals surface area (Å²) in [5.74, 6) is 0. The second kappa shape index (κ2) is 7.46. The SMILES string of the molecule is CCCC(C)NCc1ccccc1CN(C)C. The highest BCUT2D eigenvalue weighted by Gasteiger charge is 2.04. The third-order valence-electron chi connectivity index (χ3n) is 2.97. The molecule has 2 nitrogen and oxygen atoms in total. The summed E-state index contributed by atoms with van der Waals surface area (Å²) in [6, 6.07) is 9.30. The van der Waals surface area contributed by atoms with Crippen molar-refractivity contribution in [1.82, 2.24) is 10.2 Å². The van der Waals surface area contributed by atoms with Crippen molar-refractivity contribution in [2.45, 2.75) is 45.8 Å². The Labute approximate surface area is 106 Å². The Hall–Kier alpha value is -0.860. The molecule has 1 unspecified atom stereocenters. The van der Waals surface area contributed by atoms with Crippen LogP contribution in [0.15, 0.2) is 24.3 Å². The van der Waals surface area contributed by atoms with E-state index in [2.05, 4.69) is 62.4 Å². The molecular weight excluding hydrogens is 208 g/mol. The van der Waals surface area contributed by atoms with E-state index < -0.39 is 0 Å². The number of rotatable bonds is 7. The fourth-order valence-corrected chi connectivity index (χ4v) is 2.04. The maximum atomic E-state index is 3.59. The molecular formula is C15H26N2. The molecule has 1 atom stereocenters. The number of hydrogen-bond donors (Lipinski definition) is 1. The van der Waals surface area contributed by atoms with Crippen molar-refractivity contribution >= 4 is 0 Å². The van der Waals surface area contributed by atoms with Crippen molar-refractivity contribution in [2.75, 3.05) is 14.1 Å². The lowest BCUT2D eigenvalue weighted by atomic mass is 10.1. The van der Waals surface area contributed by atoms with Crippen molar-refractivity contribution in [3.8, 4) is 0 Å². The Morgan fingerprint density at radius 2 is 1.82 bits per heavy atom. The third-order valence-corrected chi connectivity index (χ3v) is 2.97. The van der Waals surface area contributed by atoms with Crippen LogP contribution in [-0.2, 0) is 13.1 Å². The Morgan fingerprint density at radius 3 is 2.41 bits per heavy atom. The molecule has 1 aromatic carbocycles. The molecule has 96 valence electrons. The predicted molar refractivity (Wildman–Crippen MR) is 75.0 cm³/mol. The molecule has 17 heavy (non-hydrogen) atoms. The quantitative estimate of drug-likeness (QED) is 0.780. The molecule has 0 aromatic heterocycles. The van der Waals surface area contributed by atoms with Gasteiger partial charge >= 0.3 is 0 Å². The molecule has 1 N–H and O–H groups in total. The van der Waals surface area contributed by atoms with Gasteiger partial charge in [-0.2, -0.15) is 0 Å². The van der Waals surface area contributed by atoms with E-state index in [-0.39, 0.29) is 0 Å². The highest BCUT2D eigenvalue weighted by atomic mass is 15.0. The maximum Gasteiger partial charge on any atom is 0.0230 e. The van der Waals surface area contributed by atoms with Crippen molar-refractivity contribution in [3.05, 3.63) is 35.4 Å². The van der Waals surface area contributed by atoms with E-state index in [0.717, 1.165) is 13.1 Å². The zero-order chi connectivity index (χ0) is 12.7. The molecule has 0 aliphatic heterocycles. The molecule has 1 rings (SSSR count). The van der Waals surface area contributed by atoms with Crippen LogP contribution in [0.5, 0.6) is 0 Å². The van der Waals surface area contributed by atoms with Gasteiger partial charge in [-0.25, -0.2) is 0 Å². The van der Waals surface area contributed by atoms with Gasteiger partial charge in [0, 0.05) is 19.1 Å². The Bertz CT molecular complexity index is 320. The third kappa shape index (κ3) is 5.33. The van der Waals surface area contributed by atoms with Crippen LogP contribution in [0.4, 0.5) is 0 Å². The van der Waals surface area contributed by atoms with Crippen LogP contribution in [0.25, 0.3) is 0 Å². The summed E-state index contributed by atoms with van der Waals surface area (Å²) >= 11 is 0. The van der Waals surface area contributed by atoms with E-state index in [9.17, 15) is 0 Å². The second-order valence-corrected chi connectivity index (χ2v) is 5.08. The summed E-state index contributed by atoms with van der Waals surface area (Å²) in [4.78, 5) is 2.22. The molecule has 0 saturated carbocycles. The Kier molecular flexibility index (Phi) is 6.23. The molecule has 0 aliphatic rings. The minimum atomic E-state index is 0.604. The standard InChI is InChI=1S/C15H26N2/c1-5-8-13(2)16-11-14-9-6-7-10-15(14)12-17(3)4/h6-7,9-10,13,16H,5,8,11-12H2,1-4H3. The van der Waals surface area contributed by atoms with Gasteiger partial charge in [0.1, 0.15) is 0 Å². The minimum absolute atomic E-state index is 0.604.